The van der Waals surface area contributed by atoms with Crippen LogP contribution in [0.3, 0.4) is 0 Å². The zero-order chi connectivity index (χ0) is 18.2. The number of rotatable bonds is 2. The van der Waals surface area contributed by atoms with E-state index in [1.165, 1.54) is 7.11 Å². The quantitative estimate of drug-likeness (QED) is 0.449. The molecule has 0 spiro atoms. The maximum atomic E-state index is 13.4. The van der Waals surface area contributed by atoms with Gasteiger partial charge >= 0.3 is 12.1 Å². The van der Waals surface area contributed by atoms with Crippen molar-refractivity contribution in [3.8, 4) is 0 Å². The van der Waals surface area contributed by atoms with E-state index in [1.807, 2.05) is 0 Å². The number of alkyl halides is 3. The van der Waals surface area contributed by atoms with Crippen LogP contribution in [0.1, 0.15) is 25.7 Å². The molecule has 0 N–H and O–H groups in total. The lowest BCUT2D eigenvalue weighted by molar-refractivity contribution is -0.146. The van der Waals surface area contributed by atoms with Gasteiger partial charge in [-0.25, -0.2) is 0 Å². The fraction of sp³-hybridized carbons (Fsp3) is 0.533. The summed E-state index contributed by atoms with van der Waals surface area (Å²) < 4.78 is 44.1. The third-order valence-electron chi connectivity index (χ3n) is 4.29. The van der Waals surface area contributed by atoms with Gasteiger partial charge < -0.3 is 4.74 Å². The van der Waals surface area contributed by atoms with Gasteiger partial charge in [0, 0.05) is 5.57 Å². The molecule has 0 heterocycles. The Bertz CT molecular complexity index is 656. The van der Waals surface area contributed by atoms with Crippen molar-refractivity contribution in [3.05, 3.63) is 20.1 Å². The number of esters is 1. The highest BCUT2D eigenvalue weighted by atomic mass is 79.9. The molecule has 0 aliphatic heterocycles. The molecule has 0 radical (unpaired) electrons. The van der Waals surface area contributed by atoms with Crippen LogP contribution in [0.2, 0.25) is 0 Å². The molecule has 2 aliphatic rings. The molecular weight excluding hydrogens is 461 g/mol. The second-order valence-corrected chi connectivity index (χ2v) is 7.23. The minimum absolute atomic E-state index is 0.203. The van der Waals surface area contributed by atoms with Crippen LogP contribution in [0.15, 0.2) is 20.1 Å². The predicted molar refractivity (Wildman–Crippen MR) is 85.4 cm³/mol. The Morgan fingerprint density at radius 1 is 1.04 bits per heavy atom. The number of ether oxygens (including phenoxy) is 1. The van der Waals surface area contributed by atoms with Crippen molar-refractivity contribution < 1.29 is 32.3 Å². The summed E-state index contributed by atoms with van der Waals surface area (Å²) in [6.07, 6.45) is -3.86. The van der Waals surface area contributed by atoms with Gasteiger partial charge in [-0.15, -0.1) is 0 Å². The van der Waals surface area contributed by atoms with Crippen LogP contribution < -0.4 is 0 Å². The van der Waals surface area contributed by atoms with Crippen molar-refractivity contribution in [1.29, 1.82) is 0 Å². The molecule has 2 rings (SSSR count). The third-order valence-corrected chi connectivity index (χ3v) is 6.33. The van der Waals surface area contributed by atoms with Crippen molar-refractivity contribution in [2.24, 2.45) is 11.8 Å². The topological polar surface area (TPSA) is 60.4 Å². The van der Waals surface area contributed by atoms with E-state index in [-0.39, 0.29) is 23.2 Å². The molecule has 2 aliphatic carbocycles. The zero-order valence-corrected chi connectivity index (χ0v) is 15.7. The molecule has 0 aromatic rings. The van der Waals surface area contributed by atoms with E-state index in [0.717, 1.165) is 0 Å². The maximum absolute atomic E-state index is 13.4. The summed E-state index contributed by atoms with van der Waals surface area (Å²) in [6, 6.07) is 0. The predicted octanol–water partition coefficient (Wildman–Crippen LogP) is 3.98. The third kappa shape index (κ3) is 3.51. The van der Waals surface area contributed by atoms with Gasteiger partial charge in [-0.1, -0.05) is 0 Å². The number of hydrogen-bond acceptors (Lipinski definition) is 4. The monoisotopic (exact) mass is 472 g/mol. The summed E-state index contributed by atoms with van der Waals surface area (Å²) in [5, 5.41) is 0. The molecule has 0 saturated heterocycles. The zero-order valence-electron chi connectivity index (χ0n) is 12.5. The van der Waals surface area contributed by atoms with Crippen LogP contribution in [0.4, 0.5) is 13.2 Å². The van der Waals surface area contributed by atoms with Gasteiger partial charge in [-0.05, 0) is 63.5 Å². The molecule has 1 saturated carbocycles. The average molecular weight is 474 g/mol. The largest absolute Gasteiger partial charge is 0.469 e. The summed E-state index contributed by atoms with van der Waals surface area (Å²) in [5.41, 5.74) is -1.92. The Labute approximate surface area is 152 Å². The molecule has 0 aromatic heterocycles. The molecule has 132 valence electrons. The SMILES string of the molecule is COC(=O)C1CCC(C2=C(C(F)(F)F)C(=O)C(Br)=C(Br)C2=O)CC1. The normalized spacial score (nSPS) is 26.1. The smallest absolute Gasteiger partial charge is 0.420 e. The number of halogens is 5. The summed E-state index contributed by atoms with van der Waals surface area (Å²) in [6.45, 7) is 0. The Kier molecular flexibility index (Phi) is 5.74. The van der Waals surface area contributed by atoms with E-state index in [0.29, 0.717) is 12.8 Å². The fourth-order valence-corrected chi connectivity index (χ4v) is 3.89. The maximum Gasteiger partial charge on any atom is 0.420 e. The van der Waals surface area contributed by atoms with Crippen LogP contribution in [0, 0.1) is 11.8 Å². The first kappa shape index (κ1) is 19.4. The van der Waals surface area contributed by atoms with Crippen LogP contribution in [-0.2, 0) is 19.1 Å². The second kappa shape index (κ2) is 7.11. The van der Waals surface area contributed by atoms with Crippen LogP contribution in [0.5, 0.6) is 0 Å². The van der Waals surface area contributed by atoms with Gasteiger partial charge in [0.25, 0.3) is 0 Å². The molecular formula is C15H13Br2F3O4. The first-order valence-electron chi connectivity index (χ1n) is 7.13. The first-order chi connectivity index (χ1) is 11.1. The molecule has 0 bridgehead atoms. The Balaban J connectivity index is 2.38. The highest BCUT2D eigenvalue weighted by molar-refractivity contribution is 9.14. The number of Topliss-reactive ketones (excluding diaryl/α,β-unsaturated/α-hetero) is 2. The van der Waals surface area contributed by atoms with Gasteiger partial charge in [-0.2, -0.15) is 13.2 Å². The van der Waals surface area contributed by atoms with Crippen molar-refractivity contribution in [2.45, 2.75) is 31.9 Å². The van der Waals surface area contributed by atoms with Gasteiger partial charge in [0.05, 0.1) is 22.0 Å². The number of hydrogen-bond donors (Lipinski definition) is 0. The van der Waals surface area contributed by atoms with Crippen molar-refractivity contribution >= 4 is 49.4 Å². The van der Waals surface area contributed by atoms with E-state index in [2.05, 4.69) is 36.6 Å². The van der Waals surface area contributed by atoms with Crippen LogP contribution in [0.25, 0.3) is 0 Å². The van der Waals surface area contributed by atoms with Crippen LogP contribution >= 0.6 is 31.9 Å². The molecule has 0 aromatic carbocycles. The number of methoxy groups -OCH3 is 1. The van der Waals surface area contributed by atoms with Gasteiger partial charge in [0.1, 0.15) is 5.57 Å². The van der Waals surface area contributed by atoms with Gasteiger partial charge in [0.2, 0.25) is 5.78 Å². The van der Waals surface area contributed by atoms with E-state index >= 15 is 0 Å². The lowest BCUT2D eigenvalue weighted by Crippen LogP contribution is -2.34. The van der Waals surface area contributed by atoms with Crippen molar-refractivity contribution in [3.63, 3.8) is 0 Å². The molecule has 4 nitrogen and oxygen atoms in total. The first-order valence-corrected chi connectivity index (χ1v) is 8.72. The van der Waals surface area contributed by atoms with Crippen molar-refractivity contribution in [2.75, 3.05) is 7.11 Å². The molecule has 24 heavy (non-hydrogen) atoms. The molecule has 9 heteroatoms. The minimum atomic E-state index is -4.92. The number of allylic oxidation sites excluding steroid dienone is 4. The van der Waals surface area contributed by atoms with E-state index in [1.54, 1.807) is 0 Å². The van der Waals surface area contributed by atoms with Gasteiger partial charge in [-0.3, -0.25) is 14.4 Å². The van der Waals surface area contributed by atoms with Crippen molar-refractivity contribution in [1.82, 2.24) is 0 Å². The lowest BCUT2D eigenvalue weighted by atomic mass is 9.74. The fourth-order valence-electron chi connectivity index (χ4n) is 3.12. The minimum Gasteiger partial charge on any atom is -0.469 e. The van der Waals surface area contributed by atoms with Crippen LogP contribution in [-0.4, -0.2) is 30.8 Å². The van der Waals surface area contributed by atoms with E-state index in [4.69, 9.17) is 0 Å². The van der Waals surface area contributed by atoms with Gasteiger partial charge in [0.15, 0.2) is 5.78 Å². The number of carbonyl (C=O) groups is 3. The Hall–Kier alpha value is -0.960. The summed E-state index contributed by atoms with van der Waals surface area (Å²) in [5.74, 6) is -3.60. The summed E-state index contributed by atoms with van der Waals surface area (Å²) in [7, 11) is 1.25. The van der Waals surface area contributed by atoms with E-state index in [9.17, 15) is 27.6 Å². The molecule has 0 unspecified atom stereocenters. The molecule has 0 atom stereocenters. The standard InChI is InChI=1S/C15H13Br2F3O4/c1-24-14(23)7-4-2-6(3-5-7)8-9(15(18,19)20)13(22)11(17)10(16)12(8)21/h6-7H,2-5H2,1H3. The summed E-state index contributed by atoms with van der Waals surface area (Å²) >= 11 is 5.64. The lowest BCUT2D eigenvalue weighted by Gasteiger charge is -2.31. The highest BCUT2D eigenvalue weighted by Gasteiger charge is 2.49. The second-order valence-electron chi connectivity index (χ2n) is 5.64. The number of carbonyl (C=O) groups excluding carboxylic acids is 3. The summed E-state index contributed by atoms with van der Waals surface area (Å²) in [4.78, 5) is 36.0. The highest BCUT2D eigenvalue weighted by Crippen LogP contribution is 2.45. The Morgan fingerprint density at radius 2 is 1.54 bits per heavy atom. The Morgan fingerprint density at radius 3 is 2.00 bits per heavy atom. The molecule has 0 amide bonds. The van der Waals surface area contributed by atoms with E-state index < -0.39 is 45.3 Å². The number of ketones is 2. The average Bonchev–Trinajstić information content (AvgIpc) is 2.54. The molecule has 1 fully saturated rings.